The predicted octanol–water partition coefficient (Wildman–Crippen LogP) is 2.95. The number of pyridine rings is 1. The zero-order valence-electron chi connectivity index (χ0n) is 13.7. The van der Waals surface area contributed by atoms with Gasteiger partial charge < -0.3 is 20.1 Å². The van der Waals surface area contributed by atoms with Crippen molar-refractivity contribution in [2.75, 3.05) is 25.1 Å². The molecule has 0 radical (unpaired) electrons. The smallest absolute Gasteiger partial charge is 0.243 e. The number of aryl methyl sites for hydroxylation is 1. The minimum atomic E-state index is -0.310. The number of amides is 1. The lowest BCUT2D eigenvalue weighted by Gasteiger charge is -2.23. The normalized spacial score (nSPS) is 16.1. The fraction of sp³-hybridized carbons (Fsp3) is 0.294. The van der Waals surface area contributed by atoms with Gasteiger partial charge in [-0.05, 0) is 42.8 Å². The van der Waals surface area contributed by atoms with Crippen LogP contribution < -0.4 is 15.4 Å². The van der Waals surface area contributed by atoms with E-state index in [0.29, 0.717) is 25.5 Å². The van der Waals surface area contributed by atoms with Crippen LogP contribution in [0.4, 0.5) is 5.69 Å². The quantitative estimate of drug-likeness (QED) is 0.846. The van der Waals surface area contributed by atoms with Gasteiger partial charge in [-0.15, -0.1) is 24.8 Å². The number of hydrogen-bond acceptors (Lipinski definition) is 5. The van der Waals surface area contributed by atoms with Crippen molar-refractivity contribution in [2.24, 2.45) is 0 Å². The summed E-state index contributed by atoms with van der Waals surface area (Å²) in [6.45, 7) is 3.66. The van der Waals surface area contributed by atoms with E-state index in [9.17, 15) is 4.79 Å². The van der Waals surface area contributed by atoms with Gasteiger partial charge in [0.1, 0.15) is 17.5 Å². The van der Waals surface area contributed by atoms with Gasteiger partial charge in [0.25, 0.3) is 0 Å². The van der Waals surface area contributed by atoms with E-state index in [4.69, 9.17) is 9.47 Å². The van der Waals surface area contributed by atoms with Crippen molar-refractivity contribution in [3.63, 3.8) is 0 Å². The summed E-state index contributed by atoms with van der Waals surface area (Å²) in [4.78, 5) is 16.2. The maximum absolute atomic E-state index is 12.2. The standard InChI is InChI=1S/C17H19N3O3.2ClH/c1-12-9-13(20-17(21)15-11-22-8-7-19-15)4-5-16(12)23-14-3-2-6-18-10-14;;/h2-6,9-10,15,19H,7-8,11H2,1H3,(H,20,21);2*1H. The maximum atomic E-state index is 12.2. The lowest BCUT2D eigenvalue weighted by atomic mass is 10.2. The third kappa shape index (κ3) is 5.86. The van der Waals surface area contributed by atoms with Crippen LogP contribution in [0.25, 0.3) is 0 Å². The van der Waals surface area contributed by atoms with E-state index in [2.05, 4.69) is 15.6 Å². The lowest BCUT2D eigenvalue weighted by Crippen LogP contribution is -2.48. The second-order valence-corrected chi connectivity index (χ2v) is 5.34. The molecule has 2 N–H and O–H groups in total. The van der Waals surface area contributed by atoms with Gasteiger partial charge in [0, 0.05) is 18.4 Å². The second kappa shape index (κ2) is 10.2. The van der Waals surface area contributed by atoms with Gasteiger partial charge in [0.05, 0.1) is 19.4 Å². The summed E-state index contributed by atoms with van der Waals surface area (Å²) in [5.74, 6) is 1.32. The third-order valence-electron chi connectivity index (χ3n) is 3.54. The highest BCUT2D eigenvalue weighted by atomic mass is 35.5. The molecule has 1 aromatic heterocycles. The first-order valence-corrected chi connectivity index (χ1v) is 7.53. The number of aromatic nitrogens is 1. The summed E-state index contributed by atoms with van der Waals surface area (Å²) in [7, 11) is 0. The molecule has 0 spiro atoms. The molecule has 0 aliphatic carbocycles. The highest BCUT2D eigenvalue weighted by molar-refractivity contribution is 5.95. The number of carbonyl (C=O) groups is 1. The Morgan fingerprint density at radius 1 is 1.36 bits per heavy atom. The largest absolute Gasteiger partial charge is 0.455 e. The Kier molecular flexibility index (Phi) is 8.65. The van der Waals surface area contributed by atoms with Crippen LogP contribution in [0.3, 0.4) is 0 Å². The van der Waals surface area contributed by atoms with Crippen molar-refractivity contribution < 1.29 is 14.3 Å². The number of nitrogens with zero attached hydrogens (tertiary/aromatic N) is 1. The average molecular weight is 386 g/mol. The number of hydrogen-bond donors (Lipinski definition) is 2. The first-order valence-electron chi connectivity index (χ1n) is 7.53. The fourth-order valence-electron chi connectivity index (χ4n) is 2.34. The van der Waals surface area contributed by atoms with Crippen molar-refractivity contribution in [3.05, 3.63) is 48.3 Å². The Bertz CT molecular complexity index is 680. The van der Waals surface area contributed by atoms with E-state index in [-0.39, 0.29) is 36.8 Å². The summed E-state index contributed by atoms with van der Waals surface area (Å²) in [6.07, 6.45) is 3.35. The molecule has 1 amide bonds. The molecule has 2 aromatic rings. The van der Waals surface area contributed by atoms with Gasteiger partial charge in [0.2, 0.25) is 5.91 Å². The molecule has 1 aliphatic heterocycles. The molecule has 0 bridgehead atoms. The molecule has 1 saturated heterocycles. The van der Waals surface area contributed by atoms with Crippen molar-refractivity contribution >= 4 is 36.4 Å². The number of benzene rings is 1. The minimum Gasteiger partial charge on any atom is -0.455 e. The zero-order valence-corrected chi connectivity index (χ0v) is 15.4. The summed E-state index contributed by atoms with van der Waals surface area (Å²) >= 11 is 0. The number of nitrogens with one attached hydrogen (secondary N) is 2. The zero-order chi connectivity index (χ0) is 16.1. The van der Waals surface area contributed by atoms with Crippen LogP contribution in [0.5, 0.6) is 11.5 Å². The lowest BCUT2D eigenvalue weighted by molar-refractivity contribution is -0.120. The van der Waals surface area contributed by atoms with Crippen LogP contribution in [0.2, 0.25) is 0 Å². The topological polar surface area (TPSA) is 72.5 Å². The Labute approximate surface area is 159 Å². The van der Waals surface area contributed by atoms with Crippen molar-refractivity contribution in [1.82, 2.24) is 10.3 Å². The fourth-order valence-corrected chi connectivity index (χ4v) is 2.34. The molecule has 0 saturated carbocycles. The highest BCUT2D eigenvalue weighted by Crippen LogP contribution is 2.26. The van der Waals surface area contributed by atoms with E-state index in [1.807, 2.05) is 37.3 Å². The van der Waals surface area contributed by atoms with Crippen LogP contribution in [-0.4, -0.2) is 36.7 Å². The molecule has 3 rings (SSSR count). The molecule has 8 heteroatoms. The summed E-state index contributed by atoms with van der Waals surface area (Å²) < 4.78 is 11.1. The molecule has 1 aromatic carbocycles. The van der Waals surface area contributed by atoms with Crippen LogP contribution in [0.1, 0.15) is 5.56 Å². The molecule has 1 fully saturated rings. The Morgan fingerprint density at radius 3 is 2.84 bits per heavy atom. The molecular formula is C17H21Cl2N3O3. The number of morpholine rings is 1. The molecule has 6 nitrogen and oxygen atoms in total. The number of halogens is 2. The number of ether oxygens (including phenoxy) is 2. The van der Waals surface area contributed by atoms with E-state index in [1.54, 1.807) is 12.4 Å². The predicted molar refractivity (Wildman–Crippen MR) is 101 cm³/mol. The van der Waals surface area contributed by atoms with Crippen LogP contribution in [0, 0.1) is 6.92 Å². The maximum Gasteiger partial charge on any atom is 0.243 e. The van der Waals surface area contributed by atoms with E-state index in [0.717, 1.165) is 17.0 Å². The van der Waals surface area contributed by atoms with Crippen molar-refractivity contribution in [1.29, 1.82) is 0 Å². The van der Waals surface area contributed by atoms with Gasteiger partial charge in [-0.25, -0.2) is 0 Å². The van der Waals surface area contributed by atoms with Gasteiger partial charge in [-0.3, -0.25) is 9.78 Å². The van der Waals surface area contributed by atoms with Crippen molar-refractivity contribution in [3.8, 4) is 11.5 Å². The number of rotatable bonds is 4. The molecule has 1 atom stereocenters. The monoisotopic (exact) mass is 385 g/mol. The van der Waals surface area contributed by atoms with Crippen molar-refractivity contribution in [2.45, 2.75) is 13.0 Å². The molecular weight excluding hydrogens is 365 g/mol. The Balaban J connectivity index is 0.00000156. The minimum absolute atomic E-state index is 0. The van der Waals surface area contributed by atoms with Crippen LogP contribution in [-0.2, 0) is 9.53 Å². The summed E-state index contributed by atoms with van der Waals surface area (Å²) in [5.41, 5.74) is 1.66. The second-order valence-electron chi connectivity index (χ2n) is 5.34. The Hall–Kier alpha value is -1.86. The van der Waals surface area contributed by atoms with Gasteiger partial charge >= 0.3 is 0 Å². The first kappa shape index (κ1) is 21.2. The van der Waals surface area contributed by atoms with Gasteiger partial charge in [-0.2, -0.15) is 0 Å². The Morgan fingerprint density at radius 2 is 2.20 bits per heavy atom. The first-order chi connectivity index (χ1) is 11.2. The van der Waals surface area contributed by atoms with E-state index < -0.39 is 0 Å². The number of carbonyl (C=O) groups excluding carboxylic acids is 1. The van der Waals surface area contributed by atoms with E-state index >= 15 is 0 Å². The van der Waals surface area contributed by atoms with Gasteiger partial charge in [-0.1, -0.05) is 0 Å². The average Bonchev–Trinajstić information content (AvgIpc) is 2.59. The summed E-state index contributed by atoms with van der Waals surface area (Å²) in [6, 6.07) is 8.89. The number of anilines is 1. The van der Waals surface area contributed by atoms with Crippen LogP contribution >= 0.6 is 24.8 Å². The molecule has 1 unspecified atom stereocenters. The van der Waals surface area contributed by atoms with Gasteiger partial charge in [0.15, 0.2) is 0 Å². The highest BCUT2D eigenvalue weighted by Gasteiger charge is 2.21. The third-order valence-corrected chi connectivity index (χ3v) is 3.54. The molecule has 2 heterocycles. The van der Waals surface area contributed by atoms with Crippen LogP contribution in [0.15, 0.2) is 42.7 Å². The van der Waals surface area contributed by atoms with E-state index in [1.165, 1.54) is 0 Å². The SMILES string of the molecule is Cc1cc(NC(=O)C2COCCN2)ccc1Oc1cccnc1.Cl.Cl. The summed E-state index contributed by atoms with van der Waals surface area (Å²) in [5, 5.41) is 6.02. The molecule has 136 valence electrons. The molecule has 25 heavy (non-hydrogen) atoms. The molecule has 1 aliphatic rings.